The Balaban J connectivity index is 1.41. The molecule has 0 bridgehead atoms. The lowest BCUT2D eigenvalue weighted by Crippen LogP contribution is -2.21. The number of hydrogen-bond acceptors (Lipinski definition) is 4. The summed E-state index contributed by atoms with van der Waals surface area (Å²) in [6.45, 7) is 4.29. The molecule has 1 aliphatic rings. The molecule has 148 valence electrons. The minimum atomic E-state index is 0.713. The van der Waals surface area contributed by atoms with Gasteiger partial charge in [0, 0.05) is 43.5 Å². The molecular weight excluding hydrogens is 350 g/mol. The zero-order valence-corrected chi connectivity index (χ0v) is 16.9. The maximum Gasteiger partial charge on any atom is 0.161 e. The molecule has 3 heterocycles. The van der Waals surface area contributed by atoms with Crippen LogP contribution < -0.4 is 9.47 Å². The van der Waals surface area contributed by atoms with Gasteiger partial charge >= 0.3 is 0 Å². The summed E-state index contributed by atoms with van der Waals surface area (Å²) in [6, 6.07) is 10.4. The molecular formula is C23H29N3O2. The van der Waals surface area contributed by atoms with Crippen LogP contribution in [0.1, 0.15) is 30.5 Å². The van der Waals surface area contributed by atoms with Gasteiger partial charge in [0.15, 0.2) is 11.5 Å². The Morgan fingerprint density at radius 1 is 1.04 bits per heavy atom. The Hall–Kier alpha value is -2.53. The molecule has 5 nitrogen and oxygen atoms in total. The Kier molecular flexibility index (Phi) is 5.81. The van der Waals surface area contributed by atoms with Crippen LogP contribution in [0, 0.1) is 0 Å². The van der Waals surface area contributed by atoms with Gasteiger partial charge in [-0.3, -0.25) is 4.98 Å². The minimum absolute atomic E-state index is 0.713. The molecule has 3 aromatic rings. The fourth-order valence-corrected chi connectivity index (χ4v) is 3.92. The van der Waals surface area contributed by atoms with Crippen LogP contribution >= 0.6 is 0 Å². The summed E-state index contributed by atoms with van der Waals surface area (Å²) in [5.74, 6) is 1.61. The van der Waals surface area contributed by atoms with Crippen LogP contribution in [0.2, 0.25) is 0 Å². The summed E-state index contributed by atoms with van der Waals surface area (Å²) in [5.41, 5.74) is 3.27. The highest BCUT2D eigenvalue weighted by Crippen LogP contribution is 2.29. The van der Waals surface area contributed by atoms with Crippen LogP contribution in [0.5, 0.6) is 11.5 Å². The smallest absolute Gasteiger partial charge is 0.161 e. The normalized spacial score (nSPS) is 14.6. The molecule has 1 aromatic carbocycles. The lowest BCUT2D eigenvalue weighted by atomic mass is 10.1. The second kappa shape index (κ2) is 8.65. The average Bonchev–Trinajstić information content (AvgIpc) is 3.33. The quantitative estimate of drug-likeness (QED) is 0.554. The fraction of sp³-hybridized carbons (Fsp3) is 0.435. The second-order valence-corrected chi connectivity index (χ2v) is 7.61. The van der Waals surface area contributed by atoms with E-state index in [9.17, 15) is 0 Å². The van der Waals surface area contributed by atoms with E-state index in [2.05, 4.69) is 41.6 Å². The van der Waals surface area contributed by atoms with Crippen LogP contribution in [0.3, 0.4) is 0 Å². The van der Waals surface area contributed by atoms with Gasteiger partial charge in [0.1, 0.15) is 0 Å². The Labute approximate surface area is 166 Å². The third-order valence-corrected chi connectivity index (χ3v) is 5.37. The van der Waals surface area contributed by atoms with Crippen molar-refractivity contribution in [3.8, 4) is 11.5 Å². The van der Waals surface area contributed by atoms with Crippen LogP contribution in [0.25, 0.3) is 10.9 Å². The van der Waals surface area contributed by atoms with E-state index in [0.29, 0.717) is 6.61 Å². The van der Waals surface area contributed by atoms with E-state index in [1.807, 2.05) is 17.7 Å². The van der Waals surface area contributed by atoms with E-state index in [4.69, 9.17) is 14.5 Å². The van der Waals surface area contributed by atoms with Crippen LogP contribution in [0.15, 0.2) is 42.7 Å². The molecule has 4 rings (SSSR count). The van der Waals surface area contributed by atoms with Crippen LogP contribution in [0.4, 0.5) is 0 Å². The molecule has 1 aliphatic heterocycles. The fourth-order valence-electron chi connectivity index (χ4n) is 3.92. The van der Waals surface area contributed by atoms with Crippen LogP contribution in [-0.2, 0) is 13.5 Å². The van der Waals surface area contributed by atoms with Crippen molar-refractivity contribution < 1.29 is 9.47 Å². The number of ether oxygens (including phenoxy) is 2. The van der Waals surface area contributed by atoms with E-state index in [-0.39, 0.29) is 0 Å². The number of aromatic nitrogens is 2. The average molecular weight is 380 g/mol. The van der Waals surface area contributed by atoms with Gasteiger partial charge in [-0.25, -0.2) is 0 Å². The molecule has 0 atom stereocenters. The number of hydrogen-bond donors (Lipinski definition) is 0. The molecule has 0 spiro atoms. The highest BCUT2D eigenvalue weighted by atomic mass is 16.5. The molecule has 1 saturated heterocycles. The van der Waals surface area contributed by atoms with Crippen molar-refractivity contribution >= 4 is 10.9 Å². The summed E-state index contributed by atoms with van der Waals surface area (Å²) >= 11 is 0. The van der Waals surface area contributed by atoms with Crippen molar-refractivity contribution in [2.75, 3.05) is 33.4 Å². The van der Waals surface area contributed by atoms with Gasteiger partial charge in [0.05, 0.1) is 19.2 Å². The summed E-state index contributed by atoms with van der Waals surface area (Å²) in [4.78, 5) is 7.30. The van der Waals surface area contributed by atoms with Gasteiger partial charge in [0.2, 0.25) is 0 Å². The Morgan fingerprint density at radius 2 is 1.89 bits per heavy atom. The van der Waals surface area contributed by atoms with Crippen molar-refractivity contribution in [2.45, 2.75) is 25.7 Å². The summed E-state index contributed by atoms with van der Waals surface area (Å²) in [7, 11) is 3.72. The van der Waals surface area contributed by atoms with Crippen molar-refractivity contribution in [1.82, 2.24) is 14.5 Å². The van der Waals surface area contributed by atoms with Crippen molar-refractivity contribution in [2.24, 2.45) is 7.05 Å². The van der Waals surface area contributed by atoms with Crippen LogP contribution in [-0.4, -0.2) is 47.8 Å². The number of pyridine rings is 1. The lowest BCUT2D eigenvalue weighted by molar-refractivity contribution is 0.254. The number of aryl methyl sites for hydroxylation is 1. The SMILES string of the molecule is COc1ccc(Cc2ccc3cn(C)cc3n2)cc1OCCCN1CCCC1. The third kappa shape index (κ3) is 4.47. The van der Waals surface area contributed by atoms with E-state index in [1.165, 1.54) is 36.9 Å². The molecule has 28 heavy (non-hydrogen) atoms. The number of rotatable bonds is 8. The predicted molar refractivity (Wildman–Crippen MR) is 112 cm³/mol. The first kappa shape index (κ1) is 18.8. The van der Waals surface area contributed by atoms with Crippen molar-refractivity contribution in [3.63, 3.8) is 0 Å². The highest BCUT2D eigenvalue weighted by molar-refractivity contribution is 5.78. The van der Waals surface area contributed by atoms with Gasteiger partial charge in [-0.1, -0.05) is 6.07 Å². The van der Waals surface area contributed by atoms with E-state index >= 15 is 0 Å². The molecule has 5 heteroatoms. The first-order valence-corrected chi connectivity index (χ1v) is 10.1. The van der Waals surface area contributed by atoms with E-state index in [1.54, 1.807) is 7.11 Å². The van der Waals surface area contributed by atoms with E-state index in [0.717, 1.165) is 42.1 Å². The number of nitrogens with zero attached hydrogens (tertiary/aromatic N) is 3. The predicted octanol–water partition coefficient (Wildman–Crippen LogP) is 4.04. The molecule has 0 amide bonds. The van der Waals surface area contributed by atoms with Gasteiger partial charge in [-0.15, -0.1) is 0 Å². The highest BCUT2D eigenvalue weighted by Gasteiger charge is 2.12. The van der Waals surface area contributed by atoms with Crippen molar-refractivity contribution in [1.29, 1.82) is 0 Å². The van der Waals surface area contributed by atoms with Gasteiger partial charge < -0.3 is 18.9 Å². The molecule has 0 saturated carbocycles. The standard InChI is InChI=1S/C23H29N3O2/c1-25-16-19-7-8-20(24-21(19)17-25)14-18-6-9-22(27-2)23(15-18)28-13-5-12-26-10-3-4-11-26/h6-9,15-17H,3-5,10-14H2,1-2H3. The summed E-state index contributed by atoms with van der Waals surface area (Å²) in [6.07, 6.45) is 8.63. The Morgan fingerprint density at radius 3 is 2.71 bits per heavy atom. The van der Waals surface area contributed by atoms with Gasteiger partial charge in [-0.2, -0.15) is 0 Å². The second-order valence-electron chi connectivity index (χ2n) is 7.61. The first-order chi connectivity index (χ1) is 13.7. The third-order valence-electron chi connectivity index (χ3n) is 5.37. The number of fused-ring (bicyclic) bond motifs is 1. The number of benzene rings is 1. The summed E-state index contributed by atoms with van der Waals surface area (Å²) < 4.78 is 13.6. The van der Waals surface area contributed by atoms with E-state index < -0.39 is 0 Å². The molecule has 0 unspecified atom stereocenters. The minimum Gasteiger partial charge on any atom is -0.493 e. The molecule has 0 N–H and O–H groups in total. The number of methoxy groups -OCH3 is 1. The zero-order chi connectivity index (χ0) is 19.3. The van der Waals surface area contributed by atoms with Gasteiger partial charge in [-0.05, 0) is 62.2 Å². The van der Waals surface area contributed by atoms with Gasteiger partial charge in [0.25, 0.3) is 0 Å². The van der Waals surface area contributed by atoms with Crippen molar-refractivity contribution in [3.05, 3.63) is 54.0 Å². The monoisotopic (exact) mass is 379 g/mol. The topological polar surface area (TPSA) is 39.5 Å². The summed E-state index contributed by atoms with van der Waals surface area (Å²) in [5, 5.41) is 1.17. The number of likely N-dealkylation sites (tertiary alicyclic amines) is 1. The molecule has 0 aliphatic carbocycles. The largest absolute Gasteiger partial charge is 0.493 e. The molecule has 1 fully saturated rings. The molecule has 2 aromatic heterocycles. The lowest BCUT2D eigenvalue weighted by Gasteiger charge is -2.16. The first-order valence-electron chi connectivity index (χ1n) is 10.1. The maximum atomic E-state index is 6.06. The molecule has 0 radical (unpaired) electrons. The zero-order valence-electron chi connectivity index (χ0n) is 16.9. The Bertz CT molecular complexity index is 929. The maximum absolute atomic E-state index is 6.06.